The zero-order valence-corrected chi connectivity index (χ0v) is 11.9. The van der Waals surface area contributed by atoms with Gasteiger partial charge in [0.05, 0.1) is 31.6 Å². The minimum atomic E-state index is 0.0928. The van der Waals surface area contributed by atoms with Gasteiger partial charge in [-0.1, -0.05) is 12.1 Å². The fraction of sp³-hybridized carbons (Fsp3) is 0.400. The highest BCUT2D eigenvalue weighted by Crippen LogP contribution is 2.21. The zero-order chi connectivity index (χ0) is 14.4. The van der Waals surface area contributed by atoms with Gasteiger partial charge < -0.3 is 15.2 Å². The Hall–Kier alpha value is -2.01. The first-order chi connectivity index (χ1) is 9.72. The molecule has 1 heterocycles. The number of ether oxygens (including phenoxy) is 1. The summed E-state index contributed by atoms with van der Waals surface area (Å²) in [6.45, 7) is 5.35. The highest BCUT2D eigenvalue weighted by molar-refractivity contribution is 5.42. The molecule has 0 aliphatic carbocycles. The topological polar surface area (TPSA) is 59.3 Å². The summed E-state index contributed by atoms with van der Waals surface area (Å²) in [4.78, 5) is 0. The van der Waals surface area contributed by atoms with Gasteiger partial charge in [0.2, 0.25) is 0 Å². The second-order valence-corrected chi connectivity index (χ2v) is 4.58. The molecule has 0 bridgehead atoms. The molecule has 2 N–H and O–H groups in total. The van der Waals surface area contributed by atoms with Crippen LogP contribution in [0.4, 0.5) is 5.69 Å². The second kappa shape index (κ2) is 6.96. The smallest absolute Gasteiger partial charge is 0.119 e. The molecule has 0 aliphatic rings. The van der Waals surface area contributed by atoms with E-state index in [0.717, 1.165) is 11.4 Å². The van der Waals surface area contributed by atoms with E-state index in [0.29, 0.717) is 13.2 Å². The molecule has 0 amide bonds. The first kappa shape index (κ1) is 14.4. The fourth-order valence-electron chi connectivity index (χ4n) is 2.02. The molecule has 1 unspecified atom stereocenters. The minimum absolute atomic E-state index is 0.0928. The largest absolute Gasteiger partial charge is 0.494 e. The van der Waals surface area contributed by atoms with Gasteiger partial charge in [-0.3, -0.25) is 4.68 Å². The third-order valence-corrected chi connectivity index (χ3v) is 3.04. The van der Waals surface area contributed by atoms with Crippen molar-refractivity contribution in [1.82, 2.24) is 9.78 Å². The van der Waals surface area contributed by atoms with E-state index >= 15 is 0 Å². The molecule has 5 heteroatoms. The van der Waals surface area contributed by atoms with Crippen LogP contribution >= 0.6 is 0 Å². The predicted octanol–water partition coefficient (Wildman–Crippen LogP) is 2.45. The molecular weight excluding hydrogens is 254 g/mol. The van der Waals surface area contributed by atoms with Crippen molar-refractivity contribution in [3.05, 3.63) is 42.2 Å². The molecule has 0 saturated carbocycles. The van der Waals surface area contributed by atoms with Gasteiger partial charge in [0.1, 0.15) is 5.75 Å². The highest BCUT2D eigenvalue weighted by atomic mass is 16.5. The van der Waals surface area contributed by atoms with Crippen LogP contribution in [0.25, 0.3) is 0 Å². The van der Waals surface area contributed by atoms with Gasteiger partial charge >= 0.3 is 0 Å². The Morgan fingerprint density at radius 3 is 2.75 bits per heavy atom. The molecular formula is C15H21N3O2. The third kappa shape index (κ3) is 3.74. The lowest BCUT2D eigenvalue weighted by Crippen LogP contribution is -2.06. The number of aliphatic hydroxyl groups excluding tert-OH is 1. The summed E-state index contributed by atoms with van der Waals surface area (Å²) in [5, 5.41) is 16.4. The maximum atomic E-state index is 8.87. The van der Waals surface area contributed by atoms with Crippen LogP contribution in [0.1, 0.15) is 25.5 Å². The van der Waals surface area contributed by atoms with Crippen molar-refractivity contribution < 1.29 is 9.84 Å². The number of hydrogen-bond donors (Lipinski definition) is 2. The molecule has 0 aliphatic heterocycles. The van der Waals surface area contributed by atoms with Gasteiger partial charge in [-0.2, -0.15) is 5.10 Å². The quantitative estimate of drug-likeness (QED) is 0.815. The van der Waals surface area contributed by atoms with E-state index in [-0.39, 0.29) is 12.6 Å². The Labute approximate surface area is 119 Å². The zero-order valence-electron chi connectivity index (χ0n) is 11.9. The van der Waals surface area contributed by atoms with Crippen LogP contribution < -0.4 is 10.1 Å². The molecule has 0 fully saturated rings. The molecule has 108 valence electrons. The van der Waals surface area contributed by atoms with Crippen LogP contribution in [0.2, 0.25) is 0 Å². The van der Waals surface area contributed by atoms with Crippen molar-refractivity contribution in [1.29, 1.82) is 0 Å². The summed E-state index contributed by atoms with van der Waals surface area (Å²) in [6.07, 6.45) is 3.65. The number of aliphatic hydroxyl groups is 1. The number of anilines is 1. The van der Waals surface area contributed by atoms with Crippen molar-refractivity contribution in [2.45, 2.75) is 26.4 Å². The maximum Gasteiger partial charge on any atom is 0.119 e. The lowest BCUT2D eigenvalue weighted by atomic mass is 10.1. The number of nitrogens with zero attached hydrogens (tertiary/aromatic N) is 2. The number of aromatic nitrogens is 2. The summed E-state index contributed by atoms with van der Waals surface area (Å²) in [5.41, 5.74) is 2.13. The van der Waals surface area contributed by atoms with E-state index < -0.39 is 0 Å². The second-order valence-electron chi connectivity index (χ2n) is 4.58. The van der Waals surface area contributed by atoms with Gasteiger partial charge in [0.25, 0.3) is 0 Å². The third-order valence-electron chi connectivity index (χ3n) is 3.04. The first-order valence-electron chi connectivity index (χ1n) is 6.85. The number of hydrogen-bond acceptors (Lipinski definition) is 4. The molecule has 1 aromatic carbocycles. The fourth-order valence-corrected chi connectivity index (χ4v) is 2.02. The standard InChI is InChI=1S/C15H21N3O2/c1-3-20-15-6-4-13(5-7-15)12(2)17-14-10-16-18(11-14)8-9-19/h4-7,10-12,17,19H,3,8-9H2,1-2H3. The molecule has 2 aromatic rings. The van der Waals surface area contributed by atoms with E-state index in [4.69, 9.17) is 9.84 Å². The lowest BCUT2D eigenvalue weighted by molar-refractivity contribution is 0.269. The molecule has 0 saturated heterocycles. The van der Waals surface area contributed by atoms with Crippen LogP contribution in [0, 0.1) is 0 Å². The summed E-state index contributed by atoms with van der Waals surface area (Å²) >= 11 is 0. The average molecular weight is 275 g/mol. The van der Waals surface area contributed by atoms with Gasteiger partial charge in [0, 0.05) is 12.2 Å². The molecule has 1 aromatic heterocycles. The monoisotopic (exact) mass is 275 g/mol. The normalized spacial score (nSPS) is 12.2. The van der Waals surface area contributed by atoms with E-state index in [2.05, 4.69) is 29.5 Å². The Bertz CT molecular complexity index is 522. The average Bonchev–Trinajstić information content (AvgIpc) is 2.88. The summed E-state index contributed by atoms with van der Waals surface area (Å²) in [6, 6.07) is 8.25. The van der Waals surface area contributed by atoms with Crippen LogP contribution in [0.15, 0.2) is 36.7 Å². The summed E-state index contributed by atoms with van der Waals surface area (Å²) < 4.78 is 7.15. The SMILES string of the molecule is CCOc1ccc(C(C)Nc2cnn(CCO)c2)cc1. The summed E-state index contributed by atoms with van der Waals surface area (Å²) in [5.74, 6) is 0.888. The van der Waals surface area contributed by atoms with E-state index in [1.54, 1.807) is 10.9 Å². The first-order valence-corrected chi connectivity index (χ1v) is 6.85. The van der Waals surface area contributed by atoms with Crippen LogP contribution in [-0.2, 0) is 6.54 Å². The van der Waals surface area contributed by atoms with E-state index in [9.17, 15) is 0 Å². The summed E-state index contributed by atoms with van der Waals surface area (Å²) in [7, 11) is 0. The molecule has 0 spiro atoms. The molecule has 2 rings (SSSR count). The van der Waals surface area contributed by atoms with Gasteiger partial charge in [0.15, 0.2) is 0 Å². The minimum Gasteiger partial charge on any atom is -0.494 e. The van der Waals surface area contributed by atoms with E-state index in [1.165, 1.54) is 5.56 Å². The number of benzene rings is 1. The van der Waals surface area contributed by atoms with Crippen LogP contribution in [0.3, 0.4) is 0 Å². The van der Waals surface area contributed by atoms with Gasteiger partial charge in [-0.05, 0) is 31.5 Å². The maximum absolute atomic E-state index is 8.87. The molecule has 1 atom stereocenters. The van der Waals surface area contributed by atoms with Crippen molar-refractivity contribution in [2.24, 2.45) is 0 Å². The van der Waals surface area contributed by atoms with Crippen LogP contribution in [-0.4, -0.2) is 28.1 Å². The highest BCUT2D eigenvalue weighted by Gasteiger charge is 2.07. The molecule has 5 nitrogen and oxygen atoms in total. The Morgan fingerprint density at radius 2 is 2.10 bits per heavy atom. The van der Waals surface area contributed by atoms with Crippen molar-refractivity contribution in [2.75, 3.05) is 18.5 Å². The van der Waals surface area contributed by atoms with Crippen molar-refractivity contribution in [3.63, 3.8) is 0 Å². The lowest BCUT2D eigenvalue weighted by Gasteiger charge is -2.14. The molecule has 0 radical (unpaired) electrons. The van der Waals surface area contributed by atoms with Crippen molar-refractivity contribution >= 4 is 5.69 Å². The van der Waals surface area contributed by atoms with Gasteiger partial charge in [-0.25, -0.2) is 0 Å². The predicted molar refractivity (Wildman–Crippen MR) is 79.0 cm³/mol. The Kier molecular flexibility index (Phi) is 5.01. The molecule has 20 heavy (non-hydrogen) atoms. The number of rotatable bonds is 7. The van der Waals surface area contributed by atoms with Crippen LogP contribution in [0.5, 0.6) is 5.75 Å². The number of nitrogens with one attached hydrogen (secondary N) is 1. The Balaban J connectivity index is 1.97. The van der Waals surface area contributed by atoms with E-state index in [1.807, 2.05) is 25.3 Å². The Morgan fingerprint density at radius 1 is 1.35 bits per heavy atom. The van der Waals surface area contributed by atoms with Crippen molar-refractivity contribution in [3.8, 4) is 5.75 Å². The van der Waals surface area contributed by atoms with Gasteiger partial charge in [-0.15, -0.1) is 0 Å².